The van der Waals surface area contributed by atoms with Crippen molar-refractivity contribution in [1.29, 1.82) is 0 Å². The summed E-state index contributed by atoms with van der Waals surface area (Å²) >= 11 is 1.76. The van der Waals surface area contributed by atoms with Crippen molar-refractivity contribution >= 4 is 56.1 Å². The van der Waals surface area contributed by atoms with Gasteiger partial charge in [0.05, 0.1) is 12.7 Å². The summed E-state index contributed by atoms with van der Waals surface area (Å²) in [6.07, 6.45) is 6.76. The number of anilines is 1. The first kappa shape index (κ1) is 25.5. The average molecular weight is 542 g/mol. The third kappa shape index (κ3) is 4.76. The Morgan fingerprint density at radius 1 is 0.850 bits per heavy atom. The van der Waals surface area contributed by atoms with Gasteiger partial charge >= 0.3 is 5.97 Å². The third-order valence-electron chi connectivity index (χ3n) is 7.30. The molecule has 0 N–H and O–H groups in total. The number of nitrogens with zero attached hydrogens (tertiary/aromatic N) is 2. The zero-order valence-electron chi connectivity index (χ0n) is 22.7. The first-order valence-corrected chi connectivity index (χ1v) is 13.9. The molecule has 6 rings (SSSR count). The normalized spacial score (nSPS) is 14.3. The third-order valence-corrected chi connectivity index (χ3v) is 8.47. The highest BCUT2D eigenvalue weighted by atomic mass is 32.1. The molecule has 0 fully saturated rings. The number of allylic oxidation sites excluding steroid dienone is 4. The summed E-state index contributed by atoms with van der Waals surface area (Å²) in [5.74, 6) is -0.342. The van der Waals surface area contributed by atoms with Gasteiger partial charge in [-0.25, -0.2) is 4.79 Å². The maximum Gasteiger partial charge on any atom is 0.337 e. The standard InChI is InChI=1S/C35H29N2O2S/c1-36-30-14-8-7-13-29(30)28(22-32(36)25-11-5-4-6-12-25)21-27(24-17-19-26(20-18-24)35(38)39-3)23-34-37(2)31-15-9-10-16-33(31)40-34/h4-23H,1-3H3/q+1. The first-order chi connectivity index (χ1) is 19.5. The van der Waals surface area contributed by atoms with Crippen molar-refractivity contribution in [2.45, 2.75) is 0 Å². The van der Waals surface area contributed by atoms with Gasteiger partial charge in [-0.1, -0.05) is 84.1 Å². The van der Waals surface area contributed by atoms with Crippen molar-refractivity contribution in [1.82, 2.24) is 0 Å². The Labute approximate surface area is 238 Å². The molecule has 0 spiro atoms. The smallest absolute Gasteiger partial charge is 0.337 e. The lowest BCUT2D eigenvalue weighted by atomic mass is 9.92. The Hall–Kier alpha value is -4.74. The SMILES string of the molecule is COC(=O)c1ccc(C(=C\c2sc3ccccc3[n+]2C)/C=C2\C=C(c3ccccc3)N(C)c3ccccc32)cc1. The van der Waals surface area contributed by atoms with Crippen LogP contribution in [0.15, 0.2) is 115 Å². The van der Waals surface area contributed by atoms with Crippen molar-refractivity contribution < 1.29 is 14.1 Å². The van der Waals surface area contributed by atoms with Crippen LogP contribution in [-0.2, 0) is 11.8 Å². The molecule has 5 heteroatoms. The van der Waals surface area contributed by atoms with Crippen molar-refractivity contribution in [3.05, 3.63) is 143 Å². The second-order valence-corrected chi connectivity index (χ2v) is 10.8. The molecule has 4 nitrogen and oxygen atoms in total. The summed E-state index contributed by atoms with van der Waals surface area (Å²) in [7, 11) is 5.63. The second kappa shape index (κ2) is 10.8. The highest BCUT2D eigenvalue weighted by molar-refractivity contribution is 7.18. The van der Waals surface area contributed by atoms with Crippen molar-refractivity contribution in [2.75, 3.05) is 19.1 Å². The van der Waals surface area contributed by atoms with Crippen LogP contribution < -0.4 is 9.47 Å². The molecule has 0 radical (unpaired) electrons. The van der Waals surface area contributed by atoms with E-state index in [2.05, 4.69) is 115 Å². The lowest BCUT2D eigenvalue weighted by Gasteiger charge is -2.30. The van der Waals surface area contributed by atoms with Crippen LogP contribution in [0.2, 0.25) is 0 Å². The number of fused-ring (bicyclic) bond motifs is 2. The number of hydrogen-bond acceptors (Lipinski definition) is 4. The fraction of sp³-hybridized carbons (Fsp3) is 0.0857. The van der Waals surface area contributed by atoms with E-state index in [-0.39, 0.29) is 5.97 Å². The van der Waals surface area contributed by atoms with E-state index in [1.165, 1.54) is 22.9 Å². The molecular weight excluding hydrogens is 512 g/mol. The molecule has 40 heavy (non-hydrogen) atoms. The van der Waals surface area contributed by atoms with E-state index in [1.54, 1.807) is 11.3 Å². The summed E-state index contributed by atoms with van der Waals surface area (Å²) in [5, 5.41) is 1.14. The van der Waals surface area contributed by atoms with Crippen LogP contribution in [0.1, 0.15) is 32.1 Å². The molecule has 0 saturated carbocycles. The van der Waals surface area contributed by atoms with Gasteiger partial charge in [-0.15, -0.1) is 0 Å². The summed E-state index contributed by atoms with van der Waals surface area (Å²) < 4.78 is 8.39. The van der Waals surface area contributed by atoms with E-state index in [0.29, 0.717) is 5.56 Å². The van der Waals surface area contributed by atoms with Crippen LogP contribution in [0, 0.1) is 0 Å². The predicted molar refractivity (Wildman–Crippen MR) is 166 cm³/mol. The molecule has 4 aromatic carbocycles. The van der Waals surface area contributed by atoms with Gasteiger partial charge in [-0.2, -0.15) is 4.57 Å². The Morgan fingerprint density at radius 3 is 2.27 bits per heavy atom. The van der Waals surface area contributed by atoms with Crippen LogP contribution >= 0.6 is 11.3 Å². The number of aromatic nitrogens is 1. The zero-order valence-corrected chi connectivity index (χ0v) is 23.5. The van der Waals surface area contributed by atoms with Gasteiger partial charge in [0.25, 0.3) is 5.01 Å². The maximum atomic E-state index is 12.1. The minimum absolute atomic E-state index is 0.342. The highest BCUT2D eigenvalue weighted by Crippen LogP contribution is 2.40. The lowest BCUT2D eigenvalue weighted by Crippen LogP contribution is -2.28. The molecule has 0 bridgehead atoms. The molecular formula is C35H29N2O2S+. The molecule has 0 unspecified atom stereocenters. The molecule has 196 valence electrons. The maximum absolute atomic E-state index is 12.1. The molecule has 1 aliphatic rings. The van der Waals surface area contributed by atoms with Gasteiger partial charge in [0.2, 0.25) is 5.52 Å². The summed E-state index contributed by atoms with van der Waals surface area (Å²) in [6.45, 7) is 0. The van der Waals surface area contributed by atoms with Gasteiger partial charge in [-0.05, 0) is 58.7 Å². The molecule has 0 amide bonds. The van der Waals surface area contributed by atoms with E-state index >= 15 is 0 Å². The van der Waals surface area contributed by atoms with Gasteiger partial charge in [0, 0.05) is 36.1 Å². The van der Waals surface area contributed by atoms with E-state index in [4.69, 9.17) is 4.74 Å². The van der Waals surface area contributed by atoms with Crippen LogP contribution in [0.4, 0.5) is 5.69 Å². The number of ether oxygens (including phenoxy) is 1. The lowest BCUT2D eigenvalue weighted by molar-refractivity contribution is -0.642. The van der Waals surface area contributed by atoms with E-state index < -0.39 is 0 Å². The number of carbonyl (C=O) groups is 1. The quantitative estimate of drug-likeness (QED) is 0.169. The molecule has 0 atom stereocenters. The number of rotatable bonds is 5. The molecule has 2 heterocycles. The Balaban J connectivity index is 1.56. The number of benzene rings is 4. The van der Waals surface area contributed by atoms with Crippen molar-refractivity contribution in [2.24, 2.45) is 7.05 Å². The molecule has 0 saturated heterocycles. The largest absolute Gasteiger partial charge is 0.465 e. The Morgan fingerprint density at radius 2 is 1.52 bits per heavy atom. The van der Waals surface area contributed by atoms with Crippen molar-refractivity contribution in [3.63, 3.8) is 0 Å². The molecule has 5 aromatic rings. The van der Waals surface area contributed by atoms with Gasteiger partial charge in [0.1, 0.15) is 11.7 Å². The number of carbonyl (C=O) groups excluding carboxylic acids is 1. The fourth-order valence-electron chi connectivity index (χ4n) is 5.14. The van der Waals surface area contributed by atoms with Gasteiger partial charge in [-0.3, -0.25) is 0 Å². The minimum Gasteiger partial charge on any atom is -0.465 e. The van der Waals surface area contributed by atoms with Crippen LogP contribution in [-0.4, -0.2) is 20.1 Å². The van der Waals surface area contributed by atoms with E-state index in [1.807, 2.05) is 30.3 Å². The predicted octanol–water partition coefficient (Wildman–Crippen LogP) is 7.63. The second-order valence-electron chi connectivity index (χ2n) is 9.71. The monoisotopic (exact) mass is 541 g/mol. The Bertz CT molecular complexity index is 1810. The summed E-state index contributed by atoms with van der Waals surface area (Å²) in [5.41, 5.74) is 9.54. The van der Waals surface area contributed by atoms with Gasteiger partial charge < -0.3 is 9.64 Å². The Kier molecular flexibility index (Phi) is 6.89. The summed E-state index contributed by atoms with van der Waals surface area (Å²) in [4.78, 5) is 14.4. The van der Waals surface area contributed by atoms with E-state index in [0.717, 1.165) is 38.7 Å². The fourth-order valence-corrected chi connectivity index (χ4v) is 6.24. The van der Waals surface area contributed by atoms with Crippen LogP contribution in [0.25, 0.3) is 33.1 Å². The number of methoxy groups -OCH3 is 1. The number of thiazole rings is 1. The topological polar surface area (TPSA) is 33.4 Å². The van der Waals surface area contributed by atoms with Gasteiger partial charge in [0.15, 0.2) is 0 Å². The average Bonchev–Trinajstić information content (AvgIpc) is 3.33. The van der Waals surface area contributed by atoms with Crippen LogP contribution in [0.5, 0.6) is 0 Å². The highest BCUT2D eigenvalue weighted by Gasteiger charge is 2.22. The number of para-hydroxylation sites is 2. The number of esters is 1. The zero-order chi connectivity index (χ0) is 27.6. The molecule has 1 aliphatic heterocycles. The summed E-state index contributed by atoms with van der Waals surface area (Å²) in [6, 6.07) is 35.1. The number of aryl methyl sites for hydroxylation is 1. The molecule has 0 aliphatic carbocycles. The minimum atomic E-state index is -0.342. The first-order valence-electron chi connectivity index (χ1n) is 13.1. The van der Waals surface area contributed by atoms with Crippen LogP contribution in [0.3, 0.4) is 0 Å². The van der Waals surface area contributed by atoms with E-state index in [9.17, 15) is 4.79 Å². The van der Waals surface area contributed by atoms with Crippen molar-refractivity contribution in [3.8, 4) is 0 Å². The molecule has 1 aromatic heterocycles. The number of hydrogen-bond donors (Lipinski definition) is 0.